The van der Waals surface area contributed by atoms with Crippen LogP contribution in [0.1, 0.15) is 36.9 Å². The third-order valence-electron chi connectivity index (χ3n) is 3.29. The Bertz CT molecular complexity index is 576. The van der Waals surface area contributed by atoms with Crippen molar-refractivity contribution in [1.29, 1.82) is 0 Å². The molecule has 2 aromatic heterocycles. The zero-order chi connectivity index (χ0) is 12.5. The van der Waals surface area contributed by atoms with Crippen LogP contribution < -0.4 is 5.73 Å². The fraction of sp³-hybridized carbons (Fsp3) is 0.357. The molecule has 2 aromatic rings. The zero-order valence-electron chi connectivity index (χ0n) is 10.4. The highest BCUT2D eigenvalue weighted by atomic mass is 15.0. The van der Waals surface area contributed by atoms with Crippen molar-refractivity contribution in [2.24, 2.45) is 0 Å². The smallest absolute Gasteiger partial charge is 0.162 e. The monoisotopic (exact) mass is 240 g/mol. The average Bonchev–Trinajstić information content (AvgIpc) is 3.22. The van der Waals surface area contributed by atoms with Crippen LogP contribution in [0.25, 0.3) is 11.4 Å². The Balaban J connectivity index is 2.10. The van der Waals surface area contributed by atoms with Crippen molar-refractivity contribution in [2.75, 3.05) is 5.73 Å². The van der Waals surface area contributed by atoms with Crippen LogP contribution in [0.4, 0.5) is 5.82 Å². The molecule has 0 unspecified atom stereocenters. The van der Waals surface area contributed by atoms with E-state index in [1.165, 1.54) is 12.8 Å². The van der Waals surface area contributed by atoms with Crippen LogP contribution in [0.15, 0.2) is 24.5 Å². The van der Waals surface area contributed by atoms with Gasteiger partial charge in [0.05, 0.1) is 0 Å². The molecule has 0 aromatic carbocycles. The van der Waals surface area contributed by atoms with Gasteiger partial charge < -0.3 is 5.73 Å². The fourth-order valence-corrected chi connectivity index (χ4v) is 2.12. The fourth-order valence-electron chi connectivity index (χ4n) is 2.12. The Hall–Kier alpha value is -1.97. The summed E-state index contributed by atoms with van der Waals surface area (Å²) in [6.07, 6.45) is 7.00. The Morgan fingerprint density at radius 1 is 1.33 bits per heavy atom. The van der Waals surface area contributed by atoms with E-state index in [0.717, 1.165) is 29.1 Å². The highest BCUT2D eigenvalue weighted by Crippen LogP contribution is 2.40. The summed E-state index contributed by atoms with van der Waals surface area (Å²) in [5, 5.41) is 0. The first kappa shape index (κ1) is 11.1. The van der Waals surface area contributed by atoms with Gasteiger partial charge in [0.1, 0.15) is 5.82 Å². The van der Waals surface area contributed by atoms with Crippen molar-refractivity contribution >= 4 is 5.82 Å². The summed E-state index contributed by atoms with van der Waals surface area (Å²) in [5.74, 6) is 1.87. The summed E-state index contributed by atoms with van der Waals surface area (Å²) in [6.45, 7) is 2.11. The average molecular weight is 240 g/mol. The molecular formula is C14H16N4. The van der Waals surface area contributed by atoms with Crippen LogP contribution in [-0.2, 0) is 6.42 Å². The molecule has 92 valence electrons. The first-order chi connectivity index (χ1) is 8.78. The number of hydrogen-bond acceptors (Lipinski definition) is 4. The molecule has 0 aliphatic heterocycles. The highest BCUT2D eigenvalue weighted by Gasteiger charge is 2.26. The molecule has 0 spiro atoms. The molecular weight excluding hydrogens is 224 g/mol. The molecule has 3 rings (SSSR count). The largest absolute Gasteiger partial charge is 0.384 e. The van der Waals surface area contributed by atoms with Crippen LogP contribution in [0.5, 0.6) is 0 Å². The molecule has 1 aliphatic carbocycles. The summed E-state index contributed by atoms with van der Waals surface area (Å²) in [6, 6.07) is 3.86. The second-order valence-corrected chi connectivity index (χ2v) is 4.70. The second-order valence-electron chi connectivity index (χ2n) is 4.70. The molecule has 4 heteroatoms. The second kappa shape index (κ2) is 4.37. The number of nitrogen functional groups attached to an aromatic ring is 1. The van der Waals surface area contributed by atoms with E-state index >= 15 is 0 Å². The maximum Gasteiger partial charge on any atom is 0.162 e. The first-order valence-corrected chi connectivity index (χ1v) is 6.35. The molecule has 0 radical (unpaired) electrons. The predicted octanol–water partition coefficient (Wildman–Crippen LogP) is 2.56. The standard InChI is InChI=1S/C14H16N4/c1-2-9-8-16-6-5-11(9)14-17-12(10-3-4-10)7-13(15)18-14/h5-8,10H,2-4H2,1H3,(H2,15,17,18). The third-order valence-corrected chi connectivity index (χ3v) is 3.29. The molecule has 1 fully saturated rings. The van der Waals surface area contributed by atoms with Crippen LogP contribution in [0.3, 0.4) is 0 Å². The Morgan fingerprint density at radius 2 is 2.17 bits per heavy atom. The number of nitrogens with zero attached hydrogens (tertiary/aromatic N) is 3. The van der Waals surface area contributed by atoms with Crippen molar-refractivity contribution in [3.63, 3.8) is 0 Å². The minimum Gasteiger partial charge on any atom is -0.384 e. The normalized spacial score (nSPS) is 14.7. The zero-order valence-corrected chi connectivity index (χ0v) is 10.4. The van der Waals surface area contributed by atoms with E-state index in [4.69, 9.17) is 5.73 Å². The minimum absolute atomic E-state index is 0.556. The molecule has 0 atom stereocenters. The van der Waals surface area contributed by atoms with Crippen LogP contribution >= 0.6 is 0 Å². The first-order valence-electron chi connectivity index (χ1n) is 6.35. The molecule has 0 saturated heterocycles. The summed E-state index contributed by atoms with van der Waals surface area (Å²) >= 11 is 0. The maximum atomic E-state index is 5.89. The summed E-state index contributed by atoms with van der Waals surface area (Å²) in [5.41, 5.74) is 9.17. The van der Waals surface area contributed by atoms with E-state index in [1.807, 2.05) is 18.3 Å². The number of aryl methyl sites for hydroxylation is 1. The van der Waals surface area contributed by atoms with Crippen LogP contribution in [-0.4, -0.2) is 15.0 Å². The SMILES string of the molecule is CCc1cnccc1-c1nc(N)cc(C2CC2)n1. The molecule has 0 bridgehead atoms. The summed E-state index contributed by atoms with van der Waals surface area (Å²) in [7, 11) is 0. The summed E-state index contributed by atoms with van der Waals surface area (Å²) in [4.78, 5) is 13.2. The van der Waals surface area contributed by atoms with Gasteiger partial charge in [0.15, 0.2) is 5.82 Å². The number of rotatable bonds is 3. The van der Waals surface area contributed by atoms with E-state index in [2.05, 4.69) is 21.9 Å². The van der Waals surface area contributed by atoms with Gasteiger partial charge >= 0.3 is 0 Å². The van der Waals surface area contributed by atoms with Gasteiger partial charge in [-0.05, 0) is 30.9 Å². The van der Waals surface area contributed by atoms with Crippen molar-refractivity contribution in [3.8, 4) is 11.4 Å². The van der Waals surface area contributed by atoms with Gasteiger partial charge in [0.2, 0.25) is 0 Å². The highest BCUT2D eigenvalue weighted by molar-refractivity contribution is 5.61. The number of anilines is 1. The van der Waals surface area contributed by atoms with Crippen molar-refractivity contribution in [3.05, 3.63) is 35.8 Å². The Morgan fingerprint density at radius 3 is 2.89 bits per heavy atom. The molecule has 1 aliphatic rings. The number of pyridine rings is 1. The lowest BCUT2D eigenvalue weighted by atomic mass is 10.1. The van der Waals surface area contributed by atoms with Gasteiger partial charge in [0, 0.05) is 35.6 Å². The van der Waals surface area contributed by atoms with E-state index in [9.17, 15) is 0 Å². The van der Waals surface area contributed by atoms with Crippen LogP contribution in [0, 0.1) is 0 Å². The van der Waals surface area contributed by atoms with Gasteiger partial charge in [-0.2, -0.15) is 0 Å². The summed E-state index contributed by atoms with van der Waals surface area (Å²) < 4.78 is 0. The lowest BCUT2D eigenvalue weighted by Crippen LogP contribution is -2.01. The topological polar surface area (TPSA) is 64.7 Å². The van der Waals surface area contributed by atoms with E-state index in [1.54, 1.807) is 6.20 Å². The lowest BCUT2D eigenvalue weighted by molar-refractivity contribution is 0.991. The van der Waals surface area contributed by atoms with Gasteiger partial charge in [-0.3, -0.25) is 4.98 Å². The molecule has 18 heavy (non-hydrogen) atoms. The quantitative estimate of drug-likeness (QED) is 0.895. The van der Waals surface area contributed by atoms with E-state index in [-0.39, 0.29) is 0 Å². The molecule has 4 nitrogen and oxygen atoms in total. The van der Waals surface area contributed by atoms with Crippen molar-refractivity contribution < 1.29 is 0 Å². The number of aromatic nitrogens is 3. The molecule has 0 amide bonds. The van der Waals surface area contributed by atoms with E-state index < -0.39 is 0 Å². The van der Waals surface area contributed by atoms with Gasteiger partial charge in [-0.1, -0.05) is 6.92 Å². The molecule has 1 saturated carbocycles. The minimum atomic E-state index is 0.556. The Kier molecular flexibility index (Phi) is 2.70. The van der Waals surface area contributed by atoms with Gasteiger partial charge in [0.25, 0.3) is 0 Å². The maximum absolute atomic E-state index is 5.89. The van der Waals surface area contributed by atoms with E-state index in [0.29, 0.717) is 11.7 Å². The molecule has 2 heterocycles. The van der Waals surface area contributed by atoms with Crippen LogP contribution in [0.2, 0.25) is 0 Å². The lowest BCUT2D eigenvalue weighted by Gasteiger charge is -2.08. The Labute approximate surface area is 106 Å². The van der Waals surface area contributed by atoms with Crippen molar-refractivity contribution in [1.82, 2.24) is 15.0 Å². The predicted molar refractivity (Wildman–Crippen MR) is 71.0 cm³/mol. The molecule has 2 N–H and O–H groups in total. The number of hydrogen-bond donors (Lipinski definition) is 1. The van der Waals surface area contributed by atoms with Gasteiger partial charge in [-0.25, -0.2) is 9.97 Å². The van der Waals surface area contributed by atoms with Gasteiger partial charge in [-0.15, -0.1) is 0 Å². The number of nitrogens with two attached hydrogens (primary N) is 1. The third kappa shape index (κ3) is 2.06. The van der Waals surface area contributed by atoms with Crippen molar-refractivity contribution in [2.45, 2.75) is 32.1 Å².